The quantitative estimate of drug-likeness (QED) is 0.835. The van der Waals surface area contributed by atoms with Crippen LogP contribution in [-0.2, 0) is 14.8 Å². The van der Waals surface area contributed by atoms with Gasteiger partial charge < -0.3 is 5.32 Å². The summed E-state index contributed by atoms with van der Waals surface area (Å²) in [4.78, 5) is 11.7. The molecule has 0 spiro atoms. The summed E-state index contributed by atoms with van der Waals surface area (Å²) in [6.45, 7) is 2.37. The molecule has 0 saturated carbocycles. The van der Waals surface area contributed by atoms with Crippen LogP contribution in [0.1, 0.15) is 19.8 Å². The van der Waals surface area contributed by atoms with Gasteiger partial charge in [-0.1, -0.05) is 13.0 Å². The van der Waals surface area contributed by atoms with Crippen molar-refractivity contribution in [2.45, 2.75) is 19.8 Å². The van der Waals surface area contributed by atoms with Gasteiger partial charge in [0, 0.05) is 25.2 Å². The first-order valence-electron chi connectivity index (χ1n) is 6.33. The molecule has 1 aromatic carbocycles. The first-order chi connectivity index (χ1) is 9.32. The zero-order valence-corrected chi connectivity index (χ0v) is 12.4. The van der Waals surface area contributed by atoms with Crippen LogP contribution in [0.3, 0.4) is 0 Å². The van der Waals surface area contributed by atoms with E-state index in [9.17, 15) is 17.6 Å². The number of halogens is 1. The number of anilines is 1. The van der Waals surface area contributed by atoms with E-state index < -0.39 is 15.8 Å². The number of rotatable bonds is 7. The average molecular weight is 302 g/mol. The van der Waals surface area contributed by atoms with Gasteiger partial charge >= 0.3 is 0 Å². The smallest absolute Gasteiger partial charge is 0.225 e. The molecule has 0 aliphatic heterocycles. The van der Waals surface area contributed by atoms with E-state index in [2.05, 4.69) is 5.32 Å². The van der Waals surface area contributed by atoms with E-state index in [0.717, 1.165) is 6.26 Å². The molecular formula is C13H19FN2O3S. The summed E-state index contributed by atoms with van der Waals surface area (Å²) >= 11 is 0. The van der Waals surface area contributed by atoms with E-state index in [1.165, 1.54) is 22.5 Å². The van der Waals surface area contributed by atoms with Crippen molar-refractivity contribution in [1.82, 2.24) is 4.31 Å². The highest BCUT2D eigenvalue weighted by atomic mass is 32.2. The van der Waals surface area contributed by atoms with Crippen molar-refractivity contribution >= 4 is 21.6 Å². The van der Waals surface area contributed by atoms with Gasteiger partial charge in [-0.25, -0.2) is 17.1 Å². The second kappa shape index (κ2) is 7.35. The molecule has 0 radical (unpaired) electrons. The van der Waals surface area contributed by atoms with E-state index in [0.29, 0.717) is 18.7 Å². The SMILES string of the molecule is CCCN(CCC(=O)Nc1cccc(F)c1)S(C)(=O)=O. The summed E-state index contributed by atoms with van der Waals surface area (Å²) in [5, 5.41) is 2.53. The number of nitrogens with one attached hydrogen (secondary N) is 1. The van der Waals surface area contributed by atoms with E-state index in [-0.39, 0.29) is 18.9 Å². The molecule has 0 bridgehead atoms. The van der Waals surface area contributed by atoms with Crippen LogP contribution in [0.2, 0.25) is 0 Å². The Balaban J connectivity index is 2.54. The van der Waals surface area contributed by atoms with Crippen molar-refractivity contribution in [2.24, 2.45) is 0 Å². The molecule has 0 aliphatic carbocycles. The van der Waals surface area contributed by atoms with Gasteiger partial charge in [0.1, 0.15) is 5.82 Å². The third-order valence-corrected chi connectivity index (χ3v) is 3.94. The summed E-state index contributed by atoms with van der Waals surface area (Å²) in [5.41, 5.74) is 0.358. The maximum atomic E-state index is 12.9. The number of hydrogen-bond donors (Lipinski definition) is 1. The zero-order chi connectivity index (χ0) is 15.2. The molecular weight excluding hydrogens is 283 g/mol. The van der Waals surface area contributed by atoms with Crippen molar-refractivity contribution in [3.63, 3.8) is 0 Å². The Hall–Kier alpha value is -1.47. The fourth-order valence-corrected chi connectivity index (χ4v) is 2.65. The average Bonchev–Trinajstić information content (AvgIpc) is 2.33. The van der Waals surface area contributed by atoms with E-state index >= 15 is 0 Å². The third-order valence-electron chi connectivity index (χ3n) is 2.64. The van der Waals surface area contributed by atoms with Crippen LogP contribution in [0.5, 0.6) is 0 Å². The summed E-state index contributed by atoms with van der Waals surface area (Å²) < 4.78 is 37.2. The Kier molecular flexibility index (Phi) is 6.09. The summed E-state index contributed by atoms with van der Waals surface area (Å²) in [6.07, 6.45) is 1.83. The third kappa shape index (κ3) is 5.66. The van der Waals surface area contributed by atoms with Gasteiger partial charge in [0.2, 0.25) is 15.9 Å². The molecule has 7 heteroatoms. The van der Waals surface area contributed by atoms with Gasteiger partial charge in [0.25, 0.3) is 0 Å². The van der Waals surface area contributed by atoms with Gasteiger partial charge in [0.15, 0.2) is 0 Å². The maximum Gasteiger partial charge on any atom is 0.225 e. The van der Waals surface area contributed by atoms with Crippen molar-refractivity contribution in [3.8, 4) is 0 Å². The van der Waals surface area contributed by atoms with E-state index in [1.54, 1.807) is 6.07 Å². The molecule has 0 saturated heterocycles. The van der Waals surface area contributed by atoms with Gasteiger partial charge in [-0.2, -0.15) is 0 Å². The highest BCUT2D eigenvalue weighted by molar-refractivity contribution is 7.88. The Morgan fingerprint density at radius 1 is 1.35 bits per heavy atom. The van der Waals surface area contributed by atoms with Gasteiger partial charge in [-0.15, -0.1) is 0 Å². The molecule has 0 aromatic heterocycles. The highest BCUT2D eigenvalue weighted by Gasteiger charge is 2.16. The lowest BCUT2D eigenvalue weighted by atomic mass is 10.3. The Morgan fingerprint density at radius 3 is 2.60 bits per heavy atom. The lowest BCUT2D eigenvalue weighted by molar-refractivity contribution is -0.116. The topological polar surface area (TPSA) is 66.5 Å². The fourth-order valence-electron chi connectivity index (χ4n) is 1.71. The standard InChI is InChI=1S/C13H19FN2O3S/c1-3-8-16(20(2,18)19)9-7-13(17)15-12-6-4-5-11(14)10-12/h4-6,10H,3,7-9H2,1-2H3,(H,15,17). The molecule has 1 amide bonds. The first kappa shape index (κ1) is 16.6. The minimum Gasteiger partial charge on any atom is -0.326 e. The van der Waals surface area contributed by atoms with Crippen LogP contribution < -0.4 is 5.32 Å². The summed E-state index contributed by atoms with van der Waals surface area (Å²) in [7, 11) is -3.31. The van der Waals surface area contributed by atoms with E-state index in [4.69, 9.17) is 0 Å². The monoisotopic (exact) mass is 302 g/mol. The predicted octanol–water partition coefficient (Wildman–Crippen LogP) is 1.83. The molecule has 112 valence electrons. The first-order valence-corrected chi connectivity index (χ1v) is 8.18. The van der Waals surface area contributed by atoms with Crippen LogP contribution in [0, 0.1) is 5.82 Å². The molecule has 0 heterocycles. The number of carbonyl (C=O) groups excluding carboxylic acids is 1. The molecule has 0 atom stereocenters. The lowest BCUT2D eigenvalue weighted by Crippen LogP contribution is -2.33. The number of sulfonamides is 1. The van der Waals surface area contributed by atoms with Crippen molar-refractivity contribution < 1.29 is 17.6 Å². The lowest BCUT2D eigenvalue weighted by Gasteiger charge is -2.18. The predicted molar refractivity (Wildman–Crippen MR) is 76.4 cm³/mol. The van der Waals surface area contributed by atoms with Crippen molar-refractivity contribution in [3.05, 3.63) is 30.1 Å². The number of nitrogens with zero attached hydrogens (tertiary/aromatic N) is 1. The second-order valence-electron chi connectivity index (χ2n) is 4.47. The van der Waals surface area contributed by atoms with Gasteiger partial charge in [-0.3, -0.25) is 4.79 Å². The molecule has 1 N–H and O–H groups in total. The Labute approximate surface area is 118 Å². The Morgan fingerprint density at radius 2 is 2.05 bits per heavy atom. The number of amides is 1. The van der Waals surface area contributed by atoms with Crippen LogP contribution in [0.15, 0.2) is 24.3 Å². The van der Waals surface area contributed by atoms with Crippen molar-refractivity contribution in [2.75, 3.05) is 24.7 Å². The zero-order valence-electron chi connectivity index (χ0n) is 11.6. The van der Waals surface area contributed by atoms with Crippen LogP contribution >= 0.6 is 0 Å². The normalized spacial score (nSPS) is 11.6. The molecule has 0 fully saturated rings. The second-order valence-corrected chi connectivity index (χ2v) is 6.45. The van der Waals surface area contributed by atoms with Crippen LogP contribution in [-0.4, -0.2) is 38.0 Å². The highest BCUT2D eigenvalue weighted by Crippen LogP contribution is 2.10. The number of hydrogen-bond acceptors (Lipinski definition) is 3. The summed E-state index contributed by atoms with van der Waals surface area (Å²) in [6, 6.07) is 5.55. The number of carbonyl (C=O) groups is 1. The van der Waals surface area contributed by atoms with Gasteiger partial charge in [0.05, 0.1) is 6.26 Å². The Bertz CT molecular complexity index is 560. The molecule has 1 rings (SSSR count). The molecule has 1 aromatic rings. The van der Waals surface area contributed by atoms with Crippen LogP contribution in [0.25, 0.3) is 0 Å². The van der Waals surface area contributed by atoms with E-state index in [1.807, 2.05) is 6.92 Å². The minimum atomic E-state index is -3.31. The fraction of sp³-hybridized carbons (Fsp3) is 0.462. The molecule has 5 nitrogen and oxygen atoms in total. The number of benzene rings is 1. The molecule has 20 heavy (non-hydrogen) atoms. The maximum absolute atomic E-state index is 12.9. The molecule has 0 unspecified atom stereocenters. The summed E-state index contributed by atoms with van der Waals surface area (Å²) in [5.74, 6) is -0.785. The van der Waals surface area contributed by atoms with Gasteiger partial charge in [-0.05, 0) is 24.6 Å². The minimum absolute atomic E-state index is 0.0313. The molecule has 0 aliphatic rings. The largest absolute Gasteiger partial charge is 0.326 e. The van der Waals surface area contributed by atoms with Crippen molar-refractivity contribution in [1.29, 1.82) is 0 Å². The van der Waals surface area contributed by atoms with Crippen LogP contribution in [0.4, 0.5) is 10.1 Å².